The number of nitrogens with zero attached hydrogens (tertiary/aromatic N) is 2. The molecule has 0 atom stereocenters. The molecule has 0 radical (unpaired) electrons. The molecule has 0 aliphatic carbocycles. The summed E-state index contributed by atoms with van der Waals surface area (Å²) in [6.45, 7) is 9.66. The second-order valence-electron chi connectivity index (χ2n) is 8.83. The fourth-order valence-corrected chi connectivity index (χ4v) is 4.74. The van der Waals surface area contributed by atoms with Gasteiger partial charge in [0.1, 0.15) is 5.57 Å². The van der Waals surface area contributed by atoms with E-state index >= 15 is 0 Å². The van der Waals surface area contributed by atoms with Crippen molar-refractivity contribution in [1.82, 2.24) is 9.88 Å². The predicted molar refractivity (Wildman–Crippen MR) is 143 cm³/mol. The molecule has 0 saturated carbocycles. The fourth-order valence-electron chi connectivity index (χ4n) is 4.47. The zero-order valence-corrected chi connectivity index (χ0v) is 21.9. The molecule has 36 heavy (non-hydrogen) atoms. The molecular weight excluding hydrogens is 474 g/mol. The predicted octanol–water partition coefficient (Wildman–Crippen LogP) is 4.64. The van der Waals surface area contributed by atoms with Crippen LogP contribution in [0.15, 0.2) is 48.0 Å². The van der Waals surface area contributed by atoms with Crippen molar-refractivity contribution in [3.63, 3.8) is 0 Å². The third-order valence-electron chi connectivity index (χ3n) is 6.55. The number of carbonyl (C=O) groups excluding carboxylic acids is 3. The van der Waals surface area contributed by atoms with Crippen molar-refractivity contribution in [3.05, 3.63) is 87.2 Å². The monoisotopic (exact) mass is 501 g/mol. The number of aryl methyl sites for hydroxylation is 3. The summed E-state index contributed by atoms with van der Waals surface area (Å²) < 4.78 is 6.85. The standard InChI is InChI=1S/C28H27N3O4S/c1-15-8-7-9-24(18(15)4)31-26(33)22(25(32)29-28(31)36)14-21-13-17(3)30(19(21)5)23-11-10-20(12-16(23)2)27(34)35-6/h7-14H,1-6H3,(H,29,32,36)/b22-14+. The molecule has 7 nitrogen and oxygen atoms in total. The van der Waals surface area contributed by atoms with Crippen molar-refractivity contribution in [2.45, 2.75) is 34.6 Å². The summed E-state index contributed by atoms with van der Waals surface area (Å²) >= 11 is 5.36. The normalized spacial score (nSPS) is 14.9. The van der Waals surface area contributed by atoms with Crippen LogP contribution in [-0.2, 0) is 14.3 Å². The van der Waals surface area contributed by atoms with Gasteiger partial charge in [-0.2, -0.15) is 0 Å². The van der Waals surface area contributed by atoms with Crippen LogP contribution in [0, 0.1) is 34.6 Å². The van der Waals surface area contributed by atoms with Crippen LogP contribution in [0.1, 0.15) is 44.0 Å². The Labute approximate surface area is 215 Å². The molecule has 1 aliphatic heterocycles. The highest BCUT2D eigenvalue weighted by Crippen LogP contribution is 2.29. The van der Waals surface area contributed by atoms with Crippen molar-refractivity contribution in [1.29, 1.82) is 0 Å². The van der Waals surface area contributed by atoms with Gasteiger partial charge in [0.05, 0.1) is 18.4 Å². The number of methoxy groups -OCH3 is 1. The number of hydrogen-bond acceptors (Lipinski definition) is 5. The lowest BCUT2D eigenvalue weighted by molar-refractivity contribution is -0.122. The van der Waals surface area contributed by atoms with Gasteiger partial charge in [-0.25, -0.2) is 4.79 Å². The van der Waals surface area contributed by atoms with Crippen LogP contribution in [-0.4, -0.2) is 34.6 Å². The Morgan fingerprint density at radius 2 is 1.69 bits per heavy atom. The summed E-state index contributed by atoms with van der Waals surface area (Å²) in [6.07, 6.45) is 1.61. The molecule has 0 unspecified atom stereocenters. The van der Waals surface area contributed by atoms with Gasteiger partial charge < -0.3 is 9.30 Å². The summed E-state index contributed by atoms with van der Waals surface area (Å²) in [5.41, 5.74) is 7.31. The SMILES string of the molecule is COC(=O)c1ccc(-n2c(C)cc(/C=C3\C(=O)NC(=S)N(c4cccc(C)c4C)C3=O)c2C)c(C)c1. The molecule has 1 saturated heterocycles. The highest BCUT2D eigenvalue weighted by atomic mass is 32.1. The van der Waals surface area contributed by atoms with Gasteiger partial charge in [0, 0.05) is 17.1 Å². The maximum atomic E-state index is 13.5. The van der Waals surface area contributed by atoms with Crippen LogP contribution in [0.25, 0.3) is 11.8 Å². The van der Waals surface area contributed by atoms with Gasteiger partial charge in [-0.05, 0) is 105 Å². The van der Waals surface area contributed by atoms with Crippen LogP contribution >= 0.6 is 12.2 Å². The van der Waals surface area contributed by atoms with E-state index in [1.807, 2.05) is 69.5 Å². The average Bonchev–Trinajstić information content (AvgIpc) is 3.11. The quantitative estimate of drug-likeness (QED) is 0.244. The molecule has 2 amide bonds. The van der Waals surface area contributed by atoms with Crippen molar-refractivity contribution in [2.24, 2.45) is 0 Å². The van der Waals surface area contributed by atoms with Crippen molar-refractivity contribution < 1.29 is 19.1 Å². The number of carbonyl (C=O) groups is 3. The van der Waals surface area contributed by atoms with Gasteiger partial charge in [-0.15, -0.1) is 0 Å². The van der Waals surface area contributed by atoms with Crippen molar-refractivity contribution in [2.75, 3.05) is 12.0 Å². The van der Waals surface area contributed by atoms with E-state index in [4.69, 9.17) is 17.0 Å². The van der Waals surface area contributed by atoms with Crippen molar-refractivity contribution in [3.8, 4) is 5.69 Å². The smallest absolute Gasteiger partial charge is 0.337 e. The average molecular weight is 502 g/mol. The Morgan fingerprint density at radius 3 is 2.36 bits per heavy atom. The summed E-state index contributed by atoms with van der Waals surface area (Å²) in [7, 11) is 1.35. The number of nitrogens with one attached hydrogen (secondary N) is 1. The van der Waals surface area contributed by atoms with E-state index in [9.17, 15) is 14.4 Å². The Balaban J connectivity index is 1.77. The zero-order valence-electron chi connectivity index (χ0n) is 21.1. The Morgan fingerprint density at radius 1 is 0.972 bits per heavy atom. The van der Waals surface area contributed by atoms with E-state index in [1.54, 1.807) is 18.2 Å². The number of hydrogen-bond donors (Lipinski definition) is 1. The first kappa shape index (κ1) is 25.1. The second kappa shape index (κ2) is 9.54. The summed E-state index contributed by atoms with van der Waals surface area (Å²) in [4.78, 5) is 39.7. The van der Waals surface area contributed by atoms with E-state index in [0.717, 1.165) is 39.3 Å². The van der Waals surface area contributed by atoms with Gasteiger partial charge in [-0.3, -0.25) is 19.8 Å². The number of esters is 1. The lowest BCUT2D eigenvalue weighted by atomic mass is 10.0. The van der Waals surface area contributed by atoms with E-state index in [0.29, 0.717) is 11.3 Å². The van der Waals surface area contributed by atoms with Gasteiger partial charge in [0.15, 0.2) is 5.11 Å². The number of aromatic nitrogens is 1. The van der Waals surface area contributed by atoms with Gasteiger partial charge in [-0.1, -0.05) is 12.1 Å². The molecule has 1 N–H and O–H groups in total. The number of thiocarbonyl (C=S) groups is 1. The Bertz CT molecular complexity index is 1480. The Kier molecular flexibility index (Phi) is 6.65. The minimum Gasteiger partial charge on any atom is -0.465 e. The Hall–Kier alpha value is -4.04. The maximum absolute atomic E-state index is 13.5. The lowest BCUT2D eigenvalue weighted by Crippen LogP contribution is -2.54. The fraction of sp³-hybridized carbons (Fsp3) is 0.214. The molecular formula is C28H27N3O4S. The number of ether oxygens (including phenoxy) is 1. The van der Waals surface area contributed by atoms with Crippen LogP contribution in [0.2, 0.25) is 0 Å². The first-order valence-electron chi connectivity index (χ1n) is 11.4. The first-order valence-corrected chi connectivity index (χ1v) is 11.8. The van der Waals surface area contributed by atoms with Crippen molar-refractivity contribution >= 4 is 46.9 Å². The number of anilines is 1. The number of amides is 2. The number of benzene rings is 2. The lowest BCUT2D eigenvalue weighted by Gasteiger charge is -2.30. The van der Waals surface area contributed by atoms with E-state index in [2.05, 4.69) is 5.32 Å². The molecule has 1 aromatic heterocycles. The molecule has 0 bridgehead atoms. The van der Waals surface area contributed by atoms with Crippen LogP contribution < -0.4 is 10.2 Å². The molecule has 3 aromatic rings. The minimum absolute atomic E-state index is 0.00233. The summed E-state index contributed by atoms with van der Waals surface area (Å²) in [5, 5.41) is 2.72. The molecule has 1 aliphatic rings. The molecule has 2 aromatic carbocycles. The molecule has 0 spiro atoms. The highest BCUT2D eigenvalue weighted by Gasteiger charge is 2.35. The van der Waals surface area contributed by atoms with Gasteiger partial charge >= 0.3 is 5.97 Å². The molecule has 1 fully saturated rings. The summed E-state index contributed by atoms with van der Waals surface area (Å²) in [5.74, 6) is -1.40. The van der Waals surface area contributed by atoms with Gasteiger partial charge in [0.25, 0.3) is 11.8 Å². The molecule has 4 rings (SSSR count). The third kappa shape index (κ3) is 4.24. The third-order valence-corrected chi connectivity index (χ3v) is 6.83. The maximum Gasteiger partial charge on any atom is 0.337 e. The highest BCUT2D eigenvalue weighted by molar-refractivity contribution is 7.80. The van der Waals surface area contributed by atoms with Crippen LogP contribution in [0.5, 0.6) is 0 Å². The van der Waals surface area contributed by atoms with Gasteiger partial charge in [0.2, 0.25) is 0 Å². The molecule has 2 heterocycles. The summed E-state index contributed by atoms with van der Waals surface area (Å²) in [6, 6.07) is 12.9. The minimum atomic E-state index is -0.532. The molecule has 184 valence electrons. The van der Waals surface area contributed by atoms with E-state index < -0.39 is 17.8 Å². The largest absolute Gasteiger partial charge is 0.465 e. The first-order chi connectivity index (χ1) is 17.0. The van der Waals surface area contributed by atoms with Crippen LogP contribution in [0.4, 0.5) is 5.69 Å². The van der Waals surface area contributed by atoms with Crippen LogP contribution in [0.3, 0.4) is 0 Å². The zero-order chi connectivity index (χ0) is 26.3. The second-order valence-corrected chi connectivity index (χ2v) is 9.22. The molecule has 8 heteroatoms. The van der Waals surface area contributed by atoms with E-state index in [-0.39, 0.29) is 10.7 Å². The topological polar surface area (TPSA) is 80.6 Å². The number of rotatable bonds is 4. The van der Waals surface area contributed by atoms with E-state index in [1.165, 1.54) is 12.0 Å².